The van der Waals surface area contributed by atoms with E-state index in [9.17, 15) is 18.1 Å². The van der Waals surface area contributed by atoms with E-state index < -0.39 is 15.0 Å². The molecule has 0 fully saturated rings. The molecule has 0 unspecified atom stereocenters. The van der Waals surface area contributed by atoms with E-state index in [0.29, 0.717) is 17.5 Å². The quantitative estimate of drug-likeness (QED) is 0.377. The molecular formula is C16H18N3NaO5S. The number of phenolic OH excluding ortho intramolecular Hbond substituents is 1. The van der Waals surface area contributed by atoms with Crippen LogP contribution in [-0.4, -0.2) is 69.2 Å². The van der Waals surface area contributed by atoms with Crippen LogP contribution in [0.5, 0.6) is 11.5 Å². The molecular weight excluding hydrogens is 369 g/mol. The average Bonchev–Trinajstić information content (AvgIpc) is 2.97. The van der Waals surface area contributed by atoms with Gasteiger partial charge in [-0.2, -0.15) is 8.42 Å². The summed E-state index contributed by atoms with van der Waals surface area (Å²) >= 11 is 0. The number of unbranched alkanes of at least 4 members (excludes halogenated alkanes) is 1. The Balaban J connectivity index is 0.00000243. The Bertz CT molecular complexity index is 987. The van der Waals surface area contributed by atoms with Gasteiger partial charge >= 0.3 is 29.6 Å². The molecule has 134 valence electrons. The first-order valence-electron chi connectivity index (χ1n) is 7.70. The zero-order valence-corrected chi connectivity index (χ0v) is 14.3. The second kappa shape index (κ2) is 8.36. The third-order valence-electron chi connectivity index (χ3n) is 3.58. The van der Waals surface area contributed by atoms with E-state index in [1.165, 1.54) is 0 Å². The van der Waals surface area contributed by atoms with Crippen molar-refractivity contribution in [2.24, 2.45) is 0 Å². The third-order valence-corrected chi connectivity index (χ3v) is 4.45. The summed E-state index contributed by atoms with van der Waals surface area (Å²) in [5.74, 6) is -0.381. The number of benzene rings is 2. The first-order valence-corrected chi connectivity index (χ1v) is 9.14. The molecule has 2 N–H and O–H groups in total. The molecule has 26 heavy (non-hydrogen) atoms. The average molecular weight is 387 g/mol. The van der Waals surface area contributed by atoms with Gasteiger partial charge in [-0.25, -0.2) is 0 Å². The van der Waals surface area contributed by atoms with Gasteiger partial charge in [-0.1, -0.05) is 25.5 Å². The molecule has 0 aliphatic carbocycles. The number of fused-ring (bicyclic) bond motifs is 1. The Morgan fingerprint density at radius 1 is 1.15 bits per heavy atom. The van der Waals surface area contributed by atoms with E-state index in [1.54, 1.807) is 24.3 Å². The molecule has 10 heteroatoms. The number of ether oxygens (including phenoxy) is 1. The van der Waals surface area contributed by atoms with Crippen LogP contribution in [0.4, 0.5) is 0 Å². The molecule has 8 nitrogen and oxygen atoms in total. The maximum absolute atomic E-state index is 11.7. The molecule has 3 aromatic rings. The number of hydrogen-bond donors (Lipinski definition) is 2. The van der Waals surface area contributed by atoms with Crippen LogP contribution in [0, 0.1) is 0 Å². The fourth-order valence-electron chi connectivity index (χ4n) is 2.31. The van der Waals surface area contributed by atoms with Crippen molar-refractivity contribution in [2.75, 3.05) is 6.61 Å². The van der Waals surface area contributed by atoms with Crippen molar-refractivity contribution in [2.45, 2.75) is 24.7 Å². The Hall–Kier alpha value is -1.65. The van der Waals surface area contributed by atoms with Crippen LogP contribution in [0.25, 0.3) is 16.7 Å². The van der Waals surface area contributed by atoms with Gasteiger partial charge in [-0.05, 0) is 24.6 Å². The molecule has 3 rings (SSSR count). The molecule has 0 aliphatic heterocycles. The second-order valence-electron chi connectivity index (χ2n) is 5.44. The summed E-state index contributed by atoms with van der Waals surface area (Å²) in [5.41, 5.74) is 1.18. The van der Waals surface area contributed by atoms with Gasteiger partial charge in [-0.15, -0.1) is 15.0 Å². The van der Waals surface area contributed by atoms with Crippen molar-refractivity contribution in [3.05, 3.63) is 36.4 Å². The molecule has 1 heterocycles. The van der Waals surface area contributed by atoms with Crippen LogP contribution in [0.3, 0.4) is 0 Å². The predicted molar refractivity (Wildman–Crippen MR) is 97.9 cm³/mol. The van der Waals surface area contributed by atoms with E-state index >= 15 is 0 Å². The molecule has 0 amide bonds. The SMILES string of the molecule is CCCCOc1cc(O)c(-n2nc3ccccc3n2)cc1S(=O)(=O)O.[NaH]. The molecule has 0 atom stereocenters. The predicted octanol–water partition coefficient (Wildman–Crippen LogP) is 1.90. The molecule has 0 saturated heterocycles. The van der Waals surface area contributed by atoms with Crippen LogP contribution in [0.2, 0.25) is 0 Å². The zero-order valence-electron chi connectivity index (χ0n) is 13.5. The number of aromatic nitrogens is 3. The third kappa shape index (κ3) is 4.36. The normalized spacial score (nSPS) is 11.3. The van der Waals surface area contributed by atoms with Crippen LogP contribution in [0.15, 0.2) is 41.3 Å². The summed E-state index contributed by atoms with van der Waals surface area (Å²) in [4.78, 5) is 0.669. The van der Waals surface area contributed by atoms with Gasteiger partial charge in [0.05, 0.1) is 6.61 Å². The van der Waals surface area contributed by atoms with Crippen molar-refractivity contribution in [1.29, 1.82) is 0 Å². The topological polar surface area (TPSA) is 115 Å². The van der Waals surface area contributed by atoms with E-state index in [2.05, 4.69) is 10.2 Å². The molecule has 2 aromatic carbocycles. The second-order valence-corrected chi connectivity index (χ2v) is 6.83. The minimum atomic E-state index is -4.55. The Morgan fingerprint density at radius 2 is 1.77 bits per heavy atom. The van der Waals surface area contributed by atoms with Gasteiger partial charge in [0.15, 0.2) is 0 Å². The summed E-state index contributed by atoms with van der Waals surface area (Å²) in [5, 5.41) is 18.7. The number of phenols is 1. The van der Waals surface area contributed by atoms with Gasteiger partial charge in [0.2, 0.25) is 0 Å². The van der Waals surface area contributed by atoms with E-state index in [1.807, 2.05) is 6.92 Å². The maximum atomic E-state index is 11.7. The fraction of sp³-hybridized carbons (Fsp3) is 0.250. The van der Waals surface area contributed by atoms with Crippen molar-refractivity contribution in [1.82, 2.24) is 15.0 Å². The number of aromatic hydroxyl groups is 1. The van der Waals surface area contributed by atoms with E-state index in [-0.39, 0.29) is 53.4 Å². The van der Waals surface area contributed by atoms with Crippen molar-refractivity contribution < 1.29 is 22.8 Å². The van der Waals surface area contributed by atoms with E-state index in [4.69, 9.17) is 4.74 Å². The standard InChI is InChI=1S/C16H17N3O5S.Na.H/c1-2-3-8-24-15-10-14(20)13(9-16(15)25(21,22)23)19-17-11-6-4-5-7-12(11)18-19;;/h4-7,9-10,20H,2-3,8H2,1H3,(H,21,22,23);;. The monoisotopic (exact) mass is 387 g/mol. The summed E-state index contributed by atoms with van der Waals surface area (Å²) < 4.78 is 38.3. The molecule has 0 spiro atoms. The van der Waals surface area contributed by atoms with Gasteiger partial charge in [0, 0.05) is 6.07 Å². The van der Waals surface area contributed by atoms with Gasteiger partial charge in [-0.3, -0.25) is 4.55 Å². The minimum absolute atomic E-state index is 0. The molecule has 0 bridgehead atoms. The van der Waals surface area contributed by atoms with Crippen molar-refractivity contribution in [3.8, 4) is 17.2 Å². The summed E-state index contributed by atoms with van der Waals surface area (Å²) in [6, 6.07) is 9.28. The summed E-state index contributed by atoms with van der Waals surface area (Å²) in [7, 11) is -4.55. The first kappa shape index (κ1) is 20.7. The van der Waals surface area contributed by atoms with Crippen LogP contribution < -0.4 is 4.74 Å². The Kier molecular flexibility index (Phi) is 6.64. The van der Waals surface area contributed by atoms with Crippen LogP contribution in [-0.2, 0) is 10.1 Å². The Labute approximate surface area is 172 Å². The molecule has 1 aromatic heterocycles. The van der Waals surface area contributed by atoms with Gasteiger partial charge < -0.3 is 9.84 Å². The molecule has 0 saturated carbocycles. The Morgan fingerprint density at radius 3 is 2.31 bits per heavy atom. The van der Waals surface area contributed by atoms with Crippen LogP contribution >= 0.6 is 0 Å². The molecule has 0 radical (unpaired) electrons. The summed E-state index contributed by atoms with van der Waals surface area (Å²) in [6.07, 6.45) is 1.56. The summed E-state index contributed by atoms with van der Waals surface area (Å²) in [6.45, 7) is 2.23. The van der Waals surface area contributed by atoms with Gasteiger partial charge in [0.1, 0.15) is 33.1 Å². The number of nitrogens with zero attached hydrogens (tertiary/aromatic N) is 3. The zero-order chi connectivity index (χ0) is 18.0. The van der Waals surface area contributed by atoms with Gasteiger partial charge in [0.25, 0.3) is 10.1 Å². The molecule has 0 aliphatic rings. The first-order chi connectivity index (χ1) is 11.9. The number of hydrogen-bond acceptors (Lipinski definition) is 6. The fourth-order valence-corrected chi connectivity index (χ4v) is 2.94. The van der Waals surface area contributed by atoms with Crippen LogP contribution in [0.1, 0.15) is 19.8 Å². The van der Waals surface area contributed by atoms with Crippen molar-refractivity contribution >= 4 is 50.7 Å². The van der Waals surface area contributed by atoms with E-state index in [0.717, 1.165) is 23.4 Å². The number of rotatable bonds is 6. The van der Waals surface area contributed by atoms with Crippen molar-refractivity contribution in [3.63, 3.8) is 0 Å².